The van der Waals surface area contributed by atoms with Crippen LogP contribution in [0.25, 0.3) is 0 Å². The van der Waals surface area contributed by atoms with E-state index >= 15 is 0 Å². The van der Waals surface area contributed by atoms with Crippen molar-refractivity contribution in [2.24, 2.45) is 0 Å². The molecule has 2 N–H and O–H groups in total. The number of ether oxygens (including phenoxy) is 1. The molecule has 0 aliphatic heterocycles. The Hall–Kier alpha value is -2.60. The minimum Gasteiger partial charge on any atom is -0.453 e. The number of carbonyl (C=O) groups excluding carboxylic acids is 1. The Kier molecular flexibility index (Phi) is 6.36. The smallest absolute Gasteiger partial charge is 0.435 e. The number of sulfonamides is 1. The molecule has 8 nitrogen and oxygen atoms in total. The second kappa shape index (κ2) is 8.64. The third-order valence-corrected chi connectivity index (χ3v) is 6.19. The molecule has 0 fully saturated rings. The summed E-state index contributed by atoms with van der Waals surface area (Å²) in [7, 11) is -2.59. The van der Waals surface area contributed by atoms with Crippen LogP contribution in [0.4, 0.5) is 23.7 Å². The van der Waals surface area contributed by atoms with Gasteiger partial charge in [-0.3, -0.25) is 10.00 Å². The summed E-state index contributed by atoms with van der Waals surface area (Å²) in [4.78, 5) is 11.1. The second-order valence-electron chi connectivity index (χ2n) is 6.74. The zero-order valence-corrected chi connectivity index (χ0v) is 16.9. The quantitative estimate of drug-likeness (QED) is 0.637. The average Bonchev–Trinajstić information content (AvgIpc) is 3.28. The van der Waals surface area contributed by atoms with Crippen LogP contribution in [-0.2, 0) is 40.3 Å². The summed E-state index contributed by atoms with van der Waals surface area (Å²) in [6.45, 7) is 0.226. The van der Waals surface area contributed by atoms with Crippen LogP contribution in [-0.4, -0.2) is 37.9 Å². The molecule has 0 radical (unpaired) electrons. The molecule has 0 unspecified atom stereocenters. The molecule has 1 aromatic carbocycles. The highest BCUT2D eigenvalue weighted by atomic mass is 32.2. The van der Waals surface area contributed by atoms with Gasteiger partial charge in [-0.25, -0.2) is 17.9 Å². The van der Waals surface area contributed by atoms with Crippen molar-refractivity contribution in [3.8, 4) is 0 Å². The van der Waals surface area contributed by atoms with E-state index in [-0.39, 0.29) is 30.0 Å². The predicted octanol–water partition coefficient (Wildman–Crippen LogP) is 2.94. The van der Waals surface area contributed by atoms with Gasteiger partial charge >= 0.3 is 12.3 Å². The Morgan fingerprint density at radius 1 is 1.23 bits per heavy atom. The van der Waals surface area contributed by atoms with Gasteiger partial charge in [-0.05, 0) is 49.9 Å². The Bertz CT molecular complexity index is 1020. The summed E-state index contributed by atoms with van der Waals surface area (Å²) in [5.41, 5.74) is 0.368. The SMILES string of the molecule is COC(=O)Nc1ccc(S(=O)(=O)NCCCn2nc(C(F)(F)F)c3c2CCC3)cc1. The molecule has 1 heterocycles. The minimum absolute atomic E-state index is 0.00254. The number of methoxy groups -OCH3 is 1. The highest BCUT2D eigenvalue weighted by molar-refractivity contribution is 7.89. The number of fused-ring (bicyclic) bond motifs is 1. The average molecular weight is 446 g/mol. The number of rotatable bonds is 7. The molecule has 12 heteroatoms. The molecule has 164 valence electrons. The fourth-order valence-electron chi connectivity index (χ4n) is 3.33. The van der Waals surface area contributed by atoms with Crippen molar-refractivity contribution in [3.63, 3.8) is 0 Å². The number of amides is 1. The molecular formula is C18H21F3N4O4S. The molecule has 0 spiro atoms. The van der Waals surface area contributed by atoms with Crippen LogP contribution < -0.4 is 10.0 Å². The van der Waals surface area contributed by atoms with Crippen molar-refractivity contribution in [2.75, 3.05) is 19.0 Å². The van der Waals surface area contributed by atoms with Crippen LogP contribution in [0, 0.1) is 0 Å². The molecule has 30 heavy (non-hydrogen) atoms. The third kappa shape index (κ3) is 4.93. The van der Waals surface area contributed by atoms with Crippen LogP contribution >= 0.6 is 0 Å². The number of benzene rings is 1. The maximum Gasteiger partial charge on any atom is 0.435 e. The number of anilines is 1. The lowest BCUT2D eigenvalue weighted by atomic mass is 10.2. The summed E-state index contributed by atoms with van der Waals surface area (Å²) < 4.78 is 72.3. The van der Waals surface area contributed by atoms with Gasteiger partial charge in [0.25, 0.3) is 0 Å². The topological polar surface area (TPSA) is 102 Å². The lowest BCUT2D eigenvalue weighted by Crippen LogP contribution is -2.26. The second-order valence-corrected chi connectivity index (χ2v) is 8.51. The van der Waals surface area contributed by atoms with E-state index in [1.54, 1.807) is 0 Å². The first kappa shape index (κ1) is 22.1. The largest absolute Gasteiger partial charge is 0.453 e. The third-order valence-electron chi connectivity index (χ3n) is 4.71. The van der Waals surface area contributed by atoms with Crippen molar-refractivity contribution in [2.45, 2.75) is 43.3 Å². The molecule has 0 saturated heterocycles. The predicted molar refractivity (Wildman–Crippen MR) is 102 cm³/mol. The van der Waals surface area contributed by atoms with Crippen LogP contribution in [0.1, 0.15) is 29.8 Å². The highest BCUT2D eigenvalue weighted by Gasteiger charge is 2.40. The van der Waals surface area contributed by atoms with Crippen LogP contribution in [0.15, 0.2) is 29.2 Å². The summed E-state index contributed by atoms with van der Waals surface area (Å²) in [5, 5.41) is 6.11. The number of carbonyl (C=O) groups is 1. The monoisotopic (exact) mass is 446 g/mol. The van der Waals surface area contributed by atoms with Gasteiger partial charge in [-0.1, -0.05) is 0 Å². The molecule has 1 aliphatic rings. The Labute approximate surface area is 171 Å². The fourth-order valence-corrected chi connectivity index (χ4v) is 4.40. The lowest BCUT2D eigenvalue weighted by Gasteiger charge is -2.09. The van der Waals surface area contributed by atoms with Crippen molar-refractivity contribution in [3.05, 3.63) is 41.2 Å². The van der Waals surface area contributed by atoms with E-state index in [2.05, 4.69) is 19.9 Å². The van der Waals surface area contributed by atoms with Gasteiger partial charge in [0.15, 0.2) is 5.69 Å². The van der Waals surface area contributed by atoms with E-state index in [4.69, 9.17) is 0 Å². The van der Waals surface area contributed by atoms with Gasteiger partial charge in [0.05, 0.1) is 12.0 Å². The van der Waals surface area contributed by atoms with E-state index in [0.717, 1.165) is 0 Å². The first-order valence-corrected chi connectivity index (χ1v) is 10.7. The number of nitrogens with zero attached hydrogens (tertiary/aromatic N) is 2. The standard InChI is InChI=1S/C18H21F3N4O4S/c1-29-17(26)23-12-6-8-13(9-7-12)30(27,28)22-10-3-11-25-15-5-2-4-14(15)16(24-25)18(19,20)21/h6-9,22H,2-5,10-11H2,1H3,(H,23,26). The van der Waals surface area contributed by atoms with Gasteiger partial charge in [0, 0.05) is 30.0 Å². The number of hydrogen-bond donors (Lipinski definition) is 2. The Morgan fingerprint density at radius 3 is 2.57 bits per heavy atom. The van der Waals surface area contributed by atoms with Crippen molar-refractivity contribution in [1.29, 1.82) is 0 Å². The van der Waals surface area contributed by atoms with E-state index < -0.39 is 28.0 Å². The van der Waals surface area contributed by atoms with Crippen molar-refractivity contribution in [1.82, 2.24) is 14.5 Å². The van der Waals surface area contributed by atoms with E-state index in [1.807, 2.05) is 0 Å². The summed E-state index contributed by atoms with van der Waals surface area (Å²) >= 11 is 0. The summed E-state index contributed by atoms with van der Waals surface area (Å²) in [6, 6.07) is 5.47. The fraction of sp³-hybridized carbons (Fsp3) is 0.444. The van der Waals surface area contributed by atoms with Gasteiger partial charge in [0.1, 0.15) is 0 Å². The molecule has 0 bridgehead atoms. The molecular weight excluding hydrogens is 425 g/mol. The molecule has 3 rings (SSSR count). The van der Waals surface area contributed by atoms with E-state index in [9.17, 15) is 26.4 Å². The minimum atomic E-state index is -4.49. The maximum atomic E-state index is 13.1. The number of aromatic nitrogens is 2. The normalized spacial score (nSPS) is 13.9. The van der Waals surface area contributed by atoms with Gasteiger partial charge < -0.3 is 4.74 Å². The maximum absolute atomic E-state index is 13.1. The van der Waals surface area contributed by atoms with Gasteiger partial charge in [-0.2, -0.15) is 18.3 Å². The number of hydrogen-bond acceptors (Lipinski definition) is 5. The van der Waals surface area contributed by atoms with Gasteiger partial charge in [0.2, 0.25) is 10.0 Å². The highest BCUT2D eigenvalue weighted by Crippen LogP contribution is 2.36. The van der Waals surface area contributed by atoms with Crippen molar-refractivity contribution >= 4 is 21.8 Å². The zero-order chi connectivity index (χ0) is 21.9. The number of alkyl halides is 3. The van der Waals surface area contributed by atoms with Gasteiger partial charge in [-0.15, -0.1) is 0 Å². The van der Waals surface area contributed by atoms with Crippen molar-refractivity contribution < 1.29 is 31.1 Å². The Morgan fingerprint density at radius 2 is 1.93 bits per heavy atom. The first-order chi connectivity index (χ1) is 14.1. The zero-order valence-electron chi connectivity index (χ0n) is 16.1. The molecule has 2 aromatic rings. The number of aryl methyl sites for hydroxylation is 1. The van der Waals surface area contributed by atoms with Crippen LogP contribution in [0.2, 0.25) is 0 Å². The Balaban J connectivity index is 1.57. The molecule has 1 amide bonds. The van der Waals surface area contributed by atoms with E-state index in [0.29, 0.717) is 30.6 Å². The first-order valence-electron chi connectivity index (χ1n) is 9.22. The number of halogens is 3. The molecule has 1 aliphatic carbocycles. The van der Waals surface area contributed by atoms with Crippen LogP contribution in [0.5, 0.6) is 0 Å². The molecule has 1 aromatic heterocycles. The summed E-state index contributed by atoms with van der Waals surface area (Å²) in [5.74, 6) is 0. The molecule has 0 atom stereocenters. The molecule has 0 saturated carbocycles. The van der Waals surface area contributed by atoms with E-state index in [1.165, 1.54) is 36.1 Å². The number of nitrogens with one attached hydrogen (secondary N) is 2. The van der Waals surface area contributed by atoms with Crippen LogP contribution in [0.3, 0.4) is 0 Å². The summed E-state index contributed by atoms with van der Waals surface area (Å²) in [6.07, 6.45) is -3.33. The lowest BCUT2D eigenvalue weighted by molar-refractivity contribution is -0.142.